The molecule has 2 rings (SSSR count). The van der Waals surface area contributed by atoms with Crippen LogP contribution in [0.5, 0.6) is 0 Å². The molecule has 4 nitrogen and oxygen atoms in total. The number of carbonyl (C=O) groups is 2. The molecule has 98 valence electrons. The maximum absolute atomic E-state index is 12.2. The fourth-order valence-electron chi connectivity index (χ4n) is 2.10. The fourth-order valence-corrected chi connectivity index (χ4v) is 2.10. The first-order chi connectivity index (χ1) is 9.24. The lowest BCUT2D eigenvalue weighted by molar-refractivity contribution is -0.127. The Morgan fingerprint density at radius 3 is 2.63 bits per heavy atom. The van der Waals surface area contributed by atoms with Crippen molar-refractivity contribution in [2.24, 2.45) is 0 Å². The van der Waals surface area contributed by atoms with Crippen LogP contribution in [0, 0.1) is 12.3 Å². The number of terminal acetylenes is 1. The molecule has 3 amide bonds. The van der Waals surface area contributed by atoms with Crippen LogP contribution in [0.3, 0.4) is 0 Å². The van der Waals surface area contributed by atoms with E-state index in [0.717, 1.165) is 18.4 Å². The highest BCUT2D eigenvalue weighted by atomic mass is 16.2. The Bertz CT molecular complexity index is 505. The summed E-state index contributed by atoms with van der Waals surface area (Å²) in [7, 11) is 0. The second-order valence-corrected chi connectivity index (χ2v) is 4.44. The largest absolute Gasteiger partial charge is 0.325 e. The topological polar surface area (TPSA) is 49.4 Å². The number of unbranched alkanes of at least 4 members (excludes halogenated alkanes) is 2. The molecule has 1 aliphatic rings. The van der Waals surface area contributed by atoms with Crippen LogP contribution >= 0.6 is 0 Å². The maximum Gasteiger partial charge on any atom is 0.325 e. The maximum atomic E-state index is 12.2. The summed E-state index contributed by atoms with van der Waals surface area (Å²) in [6, 6.07) is 8.38. The minimum Gasteiger partial charge on any atom is -0.322 e. The van der Waals surface area contributed by atoms with Crippen molar-refractivity contribution >= 4 is 11.9 Å². The summed E-state index contributed by atoms with van der Waals surface area (Å²) in [6.45, 7) is 0.426. The molecule has 19 heavy (non-hydrogen) atoms. The molecule has 1 fully saturated rings. The van der Waals surface area contributed by atoms with Crippen LogP contribution in [0.15, 0.2) is 30.3 Å². The zero-order valence-corrected chi connectivity index (χ0v) is 10.6. The molecule has 0 spiro atoms. The van der Waals surface area contributed by atoms with Gasteiger partial charge in [0.15, 0.2) is 0 Å². The van der Waals surface area contributed by atoms with Crippen LogP contribution < -0.4 is 5.32 Å². The van der Waals surface area contributed by atoms with E-state index < -0.39 is 6.04 Å². The van der Waals surface area contributed by atoms with E-state index in [4.69, 9.17) is 6.42 Å². The van der Waals surface area contributed by atoms with E-state index in [-0.39, 0.29) is 11.9 Å². The number of imide groups is 1. The Balaban J connectivity index is 1.99. The number of hydrogen-bond acceptors (Lipinski definition) is 2. The van der Waals surface area contributed by atoms with Gasteiger partial charge >= 0.3 is 6.03 Å². The summed E-state index contributed by atoms with van der Waals surface area (Å²) in [6.07, 6.45) is 7.40. The molecule has 4 heteroatoms. The lowest BCUT2D eigenvalue weighted by atomic mass is 10.1. The van der Waals surface area contributed by atoms with Crippen LogP contribution in [0.25, 0.3) is 0 Å². The number of hydrogen-bond donors (Lipinski definition) is 1. The van der Waals surface area contributed by atoms with Crippen molar-refractivity contribution in [3.63, 3.8) is 0 Å². The molecule has 1 aromatic carbocycles. The van der Waals surface area contributed by atoms with Crippen LogP contribution in [0.1, 0.15) is 30.9 Å². The molecule has 1 aromatic rings. The van der Waals surface area contributed by atoms with Gasteiger partial charge in [-0.25, -0.2) is 4.79 Å². The van der Waals surface area contributed by atoms with E-state index in [1.165, 1.54) is 4.90 Å². The second-order valence-electron chi connectivity index (χ2n) is 4.44. The minimum absolute atomic E-state index is 0.183. The van der Waals surface area contributed by atoms with Gasteiger partial charge in [-0.2, -0.15) is 0 Å². The van der Waals surface area contributed by atoms with Crippen LogP contribution in [0.4, 0.5) is 4.79 Å². The van der Waals surface area contributed by atoms with E-state index in [9.17, 15) is 9.59 Å². The molecule has 0 radical (unpaired) electrons. The third-order valence-corrected chi connectivity index (χ3v) is 3.11. The normalized spacial score (nSPS) is 18.3. The van der Waals surface area contributed by atoms with Crippen molar-refractivity contribution in [3.05, 3.63) is 35.9 Å². The zero-order valence-electron chi connectivity index (χ0n) is 10.6. The number of benzene rings is 1. The van der Waals surface area contributed by atoms with E-state index in [0.29, 0.717) is 13.0 Å². The third-order valence-electron chi connectivity index (χ3n) is 3.11. The fraction of sp³-hybridized carbons (Fsp3) is 0.333. The van der Waals surface area contributed by atoms with Crippen molar-refractivity contribution in [1.82, 2.24) is 10.2 Å². The highest BCUT2D eigenvalue weighted by molar-refractivity contribution is 6.04. The van der Waals surface area contributed by atoms with Gasteiger partial charge in [0.05, 0.1) is 0 Å². The second kappa shape index (κ2) is 6.05. The zero-order chi connectivity index (χ0) is 13.7. The molecule has 1 N–H and O–H groups in total. The van der Waals surface area contributed by atoms with Crippen LogP contribution in [-0.4, -0.2) is 23.4 Å². The lowest BCUT2D eigenvalue weighted by Gasteiger charge is -2.12. The molecule has 1 saturated heterocycles. The molecule has 0 saturated carbocycles. The molecule has 0 bridgehead atoms. The quantitative estimate of drug-likeness (QED) is 0.498. The van der Waals surface area contributed by atoms with Gasteiger partial charge in [-0.3, -0.25) is 9.69 Å². The Hall–Kier alpha value is -2.28. The molecule has 1 unspecified atom stereocenters. The first-order valence-electron chi connectivity index (χ1n) is 6.34. The number of nitrogens with zero attached hydrogens (tertiary/aromatic N) is 1. The Morgan fingerprint density at radius 1 is 1.21 bits per heavy atom. The molecule has 1 heterocycles. The smallest absolute Gasteiger partial charge is 0.322 e. The Kier molecular flexibility index (Phi) is 4.19. The highest BCUT2D eigenvalue weighted by Crippen LogP contribution is 2.21. The number of amides is 3. The number of urea groups is 1. The van der Waals surface area contributed by atoms with Gasteiger partial charge in [-0.1, -0.05) is 30.3 Å². The predicted molar refractivity (Wildman–Crippen MR) is 72.1 cm³/mol. The summed E-state index contributed by atoms with van der Waals surface area (Å²) in [5.74, 6) is 2.36. The minimum atomic E-state index is -0.554. The molecular weight excluding hydrogens is 240 g/mol. The van der Waals surface area contributed by atoms with E-state index in [1.54, 1.807) is 0 Å². The van der Waals surface area contributed by atoms with Crippen molar-refractivity contribution < 1.29 is 9.59 Å². The van der Waals surface area contributed by atoms with E-state index in [1.807, 2.05) is 30.3 Å². The molecule has 0 aromatic heterocycles. The van der Waals surface area contributed by atoms with Gasteiger partial charge in [0, 0.05) is 13.0 Å². The van der Waals surface area contributed by atoms with Gasteiger partial charge in [0.2, 0.25) is 0 Å². The SMILES string of the molecule is C#CCCCCN1C(=O)NC(c2ccccc2)C1=O. The summed E-state index contributed by atoms with van der Waals surface area (Å²) < 4.78 is 0. The number of nitrogens with one attached hydrogen (secondary N) is 1. The van der Waals surface area contributed by atoms with Crippen LogP contribution in [0.2, 0.25) is 0 Å². The predicted octanol–water partition coefficient (Wildman–Crippen LogP) is 2.08. The Labute approximate surface area is 112 Å². The van der Waals surface area contributed by atoms with Crippen LogP contribution in [-0.2, 0) is 4.79 Å². The van der Waals surface area contributed by atoms with E-state index in [2.05, 4.69) is 11.2 Å². The van der Waals surface area contributed by atoms with Crippen molar-refractivity contribution in [1.29, 1.82) is 0 Å². The van der Waals surface area contributed by atoms with Gasteiger partial charge in [-0.05, 0) is 18.4 Å². The first kappa shape index (κ1) is 13.2. The number of rotatable bonds is 5. The molecule has 1 atom stereocenters. The molecule has 0 aliphatic carbocycles. The average Bonchev–Trinajstić information content (AvgIpc) is 2.72. The van der Waals surface area contributed by atoms with Gasteiger partial charge in [0.1, 0.15) is 6.04 Å². The summed E-state index contributed by atoms with van der Waals surface area (Å²) >= 11 is 0. The van der Waals surface area contributed by atoms with Crippen molar-refractivity contribution in [3.8, 4) is 12.3 Å². The summed E-state index contributed by atoms with van der Waals surface area (Å²) in [5.41, 5.74) is 0.812. The summed E-state index contributed by atoms with van der Waals surface area (Å²) in [4.78, 5) is 25.2. The van der Waals surface area contributed by atoms with Gasteiger partial charge in [0.25, 0.3) is 5.91 Å². The van der Waals surface area contributed by atoms with E-state index >= 15 is 0 Å². The molecule has 1 aliphatic heterocycles. The van der Waals surface area contributed by atoms with Crippen molar-refractivity contribution in [2.75, 3.05) is 6.54 Å². The third kappa shape index (κ3) is 2.94. The monoisotopic (exact) mass is 256 g/mol. The molecular formula is C15H16N2O2. The first-order valence-corrected chi connectivity index (χ1v) is 6.34. The lowest BCUT2D eigenvalue weighted by Crippen LogP contribution is -2.31. The average molecular weight is 256 g/mol. The highest BCUT2D eigenvalue weighted by Gasteiger charge is 2.38. The van der Waals surface area contributed by atoms with Crippen molar-refractivity contribution in [2.45, 2.75) is 25.3 Å². The Morgan fingerprint density at radius 2 is 1.95 bits per heavy atom. The summed E-state index contributed by atoms with van der Waals surface area (Å²) in [5, 5.41) is 2.71. The standard InChI is InChI=1S/C15H16N2O2/c1-2-3-4-8-11-17-14(18)13(16-15(17)19)12-9-6-5-7-10-12/h1,5-7,9-10,13H,3-4,8,11H2,(H,16,19). The van der Waals surface area contributed by atoms with Gasteiger partial charge < -0.3 is 5.32 Å². The number of carbonyl (C=O) groups excluding carboxylic acids is 2. The van der Waals surface area contributed by atoms with Gasteiger partial charge in [-0.15, -0.1) is 12.3 Å².